The Morgan fingerprint density at radius 1 is 1.12 bits per heavy atom. The first-order chi connectivity index (χ1) is 19.2. The smallest absolute Gasteiger partial charge is 0.311 e. The number of fused-ring (bicyclic) bond motifs is 1. The molecule has 2 unspecified atom stereocenters. The van der Waals surface area contributed by atoms with Crippen LogP contribution in [0.2, 0.25) is 0 Å². The number of unbranched alkanes of at least 4 members (excludes halogenated alkanes) is 1. The lowest BCUT2D eigenvalue weighted by atomic mass is 9.66. The summed E-state index contributed by atoms with van der Waals surface area (Å²) in [5, 5.41) is 9.41. The zero-order valence-corrected chi connectivity index (χ0v) is 24.8. The molecule has 3 fully saturated rings. The van der Waals surface area contributed by atoms with Crippen molar-refractivity contribution in [3.63, 3.8) is 0 Å². The number of carbonyl (C=O) groups is 3. The molecule has 9 heteroatoms. The van der Waals surface area contributed by atoms with E-state index in [-0.39, 0.29) is 25.0 Å². The molecule has 3 heterocycles. The first-order valence-electron chi connectivity index (χ1n) is 14.4. The van der Waals surface area contributed by atoms with Crippen LogP contribution in [0.25, 0.3) is 0 Å². The number of esters is 1. The summed E-state index contributed by atoms with van der Waals surface area (Å²) in [6.45, 7) is 16.3. The van der Waals surface area contributed by atoms with E-state index < -0.39 is 33.3 Å². The summed E-state index contributed by atoms with van der Waals surface area (Å²) in [6.07, 6.45) is 5.73. The Labute approximate surface area is 242 Å². The first kappa shape index (κ1) is 30.2. The lowest BCUT2D eigenvalue weighted by Gasteiger charge is -2.37. The predicted octanol–water partition coefficient (Wildman–Crippen LogP) is 4.03. The van der Waals surface area contributed by atoms with Crippen molar-refractivity contribution < 1.29 is 24.2 Å². The zero-order chi connectivity index (χ0) is 29.1. The molecule has 1 N–H and O–H groups in total. The Bertz CT molecular complexity index is 1120. The first-order valence-corrected chi connectivity index (χ1v) is 15.2. The van der Waals surface area contributed by atoms with E-state index in [1.807, 2.05) is 31.2 Å². The molecule has 3 aliphatic heterocycles. The number of benzene rings is 1. The lowest BCUT2D eigenvalue weighted by molar-refractivity contribution is -0.154. The van der Waals surface area contributed by atoms with Crippen LogP contribution in [0, 0.1) is 11.8 Å². The van der Waals surface area contributed by atoms with E-state index in [4.69, 9.17) is 4.74 Å². The number of rotatable bonds is 14. The Morgan fingerprint density at radius 2 is 1.80 bits per heavy atom. The highest BCUT2D eigenvalue weighted by Gasteiger charge is 2.77. The van der Waals surface area contributed by atoms with Gasteiger partial charge in [0, 0.05) is 48.9 Å². The monoisotopic (exact) mass is 569 g/mol. The molecule has 2 amide bonds. The molecule has 5 atom stereocenters. The third kappa shape index (κ3) is 5.07. The molecule has 218 valence electrons. The average molecular weight is 570 g/mol. The van der Waals surface area contributed by atoms with Gasteiger partial charge >= 0.3 is 5.97 Å². The third-order valence-corrected chi connectivity index (χ3v) is 10.8. The number of likely N-dealkylation sites (tertiary alicyclic amines) is 1. The highest BCUT2D eigenvalue weighted by molar-refractivity contribution is 8.02. The van der Waals surface area contributed by atoms with Crippen LogP contribution in [0.15, 0.2) is 49.6 Å². The second kappa shape index (κ2) is 12.4. The van der Waals surface area contributed by atoms with Gasteiger partial charge in [0.05, 0.1) is 16.6 Å². The molecular formula is C31H43N3O5S. The third-order valence-electron chi connectivity index (χ3n) is 8.78. The summed E-state index contributed by atoms with van der Waals surface area (Å²) >= 11 is 1.63. The topological polar surface area (TPSA) is 90.4 Å². The number of aliphatic hydroxyl groups is 1. The van der Waals surface area contributed by atoms with Crippen LogP contribution >= 0.6 is 11.8 Å². The van der Waals surface area contributed by atoms with Crippen LogP contribution in [-0.2, 0) is 19.1 Å². The van der Waals surface area contributed by atoms with Crippen molar-refractivity contribution in [1.82, 2.24) is 4.90 Å². The molecular weight excluding hydrogens is 526 g/mol. The van der Waals surface area contributed by atoms with Gasteiger partial charge in [0.15, 0.2) is 0 Å². The minimum Gasteiger partial charge on any atom is -0.461 e. The van der Waals surface area contributed by atoms with Gasteiger partial charge in [-0.25, -0.2) is 0 Å². The number of thioether (sulfide) groups is 1. The number of ether oxygens (including phenoxy) is 1. The Morgan fingerprint density at radius 3 is 2.40 bits per heavy atom. The van der Waals surface area contributed by atoms with Gasteiger partial charge < -0.3 is 24.5 Å². The highest BCUT2D eigenvalue weighted by atomic mass is 32.2. The summed E-state index contributed by atoms with van der Waals surface area (Å²) < 4.78 is 4.29. The van der Waals surface area contributed by atoms with E-state index in [0.717, 1.165) is 30.9 Å². The summed E-state index contributed by atoms with van der Waals surface area (Å²) in [7, 11) is 0. The van der Waals surface area contributed by atoms with Crippen molar-refractivity contribution in [3.05, 3.63) is 49.6 Å². The van der Waals surface area contributed by atoms with E-state index >= 15 is 0 Å². The van der Waals surface area contributed by atoms with Crippen molar-refractivity contribution in [1.29, 1.82) is 0 Å². The molecule has 0 radical (unpaired) electrons. The summed E-state index contributed by atoms with van der Waals surface area (Å²) in [5.74, 6) is -1.98. The fourth-order valence-electron chi connectivity index (χ4n) is 6.96. The molecule has 8 nitrogen and oxygen atoms in total. The standard InChI is InChI=1S/C31H43N3O5S/c1-6-18-33(23-14-12-22(13-15-23)32(8-3)9-4)28(37)26-31-17-16-30(5,40-31)25(29(38)39-21-7-2)24(31)27(36)34(26)19-10-11-20-35/h6-7,12-15,24-26,35H,1-2,8-11,16-21H2,3-5H3/t24-,25+,26?,30-,31?/m0/s1. The van der Waals surface area contributed by atoms with E-state index in [0.29, 0.717) is 32.4 Å². The van der Waals surface area contributed by atoms with Gasteiger partial charge in [-0.3, -0.25) is 14.4 Å². The maximum atomic E-state index is 14.6. The quantitative estimate of drug-likeness (QED) is 0.206. The fraction of sp³-hybridized carbons (Fsp3) is 0.581. The number of aliphatic hydroxyl groups excluding tert-OH is 1. The van der Waals surface area contributed by atoms with Crippen LogP contribution in [0.3, 0.4) is 0 Å². The molecule has 40 heavy (non-hydrogen) atoms. The minimum atomic E-state index is -0.727. The molecule has 1 aromatic carbocycles. The van der Waals surface area contributed by atoms with Gasteiger partial charge in [-0.15, -0.1) is 18.3 Å². The summed E-state index contributed by atoms with van der Waals surface area (Å²) in [4.78, 5) is 47.7. The molecule has 0 aromatic heterocycles. The van der Waals surface area contributed by atoms with Gasteiger partial charge in [0.1, 0.15) is 12.6 Å². The van der Waals surface area contributed by atoms with Crippen LogP contribution in [-0.4, -0.2) is 82.7 Å². The Balaban J connectivity index is 1.73. The van der Waals surface area contributed by atoms with Crippen molar-refractivity contribution in [2.45, 2.75) is 62.0 Å². The molecule has 0 saturated carbocycles. The van der Waals surface area contributed by atoms with Crippen molar-refractivity contribution >= 4 is 40.9 Å². The van der Waals surface area contributed by atoms with E-state index in [1.165, 1.54) is 6.08 Å². The van der Waals surface area contributed by atoms with Gasteiger partial charge in [0.2, 0.25) is 5.91 Å². The number of carbonyl (C=O) groups excluding carboxylic acids is 3. The van der Waals surface area contributed by atoms with Gasteiger partial charge in [0.25, 0.3) is 5.91 Å². The van der Waals surface area contributed by atoms with E-state index in [2.05, 4.69) is 31.9 Å². The number of anilines is 2. The van der Waals surface area contributed by atoms with Crippen molar-refractivity contribution in [2.24, 2.45) is 11.8 Å². The van der Waals surface area contributed by atoms with Crippen LogP contribution in [0.4, 0.5) is 11.4 Å². The lowest BCUT2D eigenvalue weighted by Crippen LogP contribution is -2.55. The van der Waals surface area contributed by atoms with Crippen molar-refractivity contribution in [2.75, 3.05) is 49.2 Å². The second-order valence-electron chi connectivity index (χ2n) is 11.0. The normalized spacial score (nSPS) is 28.4. The maximum Gasteiger partial charge on any atom is 0.311 e. The molecule has 3 aliphatic rings. The molecule has 3 saturated heterocycles. The fourth-order valence-corrected chi connectivity index (χ4v) is 9.30. The van der Waals surface area contributed by atoms with Crippen molar-refractivity contribution in [3.8, 4) is 0 Å². The number of amides is 2. The highest BCUT2D eigenvalue weighted by Crippen LogP contribution is 2.71. The molecule has 1 spiro atoms. The molecule has 0 aliphatic carbocycles. The van der Waals surface area contributed by atoms with Crippen LogP contribution in [0.1, 0.15) is 46.5 Å². The largest absolute Gasteiger partial charge is 0.461 e. The van der Waals surface area contributed by atoms with Crippen LogP contribution in [0.5, 0.6) is 0 Å². The van der Waals surface area contributed by atoms with Gasteiger partial charge in [-0.1, -0.05) is 18.7 Å². The zero-order valence-electron chi connectivity index (χ0n) is 24.0. The average Bonchev–Trinajstić information content (AvgIpc) is 3.52. The summed E-state index contributed by atoms with van der Waals surface area (Å²) in [6, 6.07) is 7.22. The minimum absolute atomic E-state index is 0.0139. The number of hydrogen-bond donors (Lipinski definition) is 1. The number of nitrogens with zero attached hydrogens (tertiary/aromatic N) is 3. The SMILES string of the molecule is C=CCOC(=O)[C@H]1[C@H]2C(=O)N(CCCCO)C(C(=O)N(CC=C)c3ccc(N(CC)CC)cc3)C23CC[C@]1(C)S3. The van der Waals surface area contributed by atoms with E-state index in [1.54, 1.807) is 27.6 Å². The summed E-state index contributed by atoms with van der Waals surface area (Å²) in [5.41, 5.74) is 1.83. The maximum absolute atomic E-state index is 14.6. The second-order valence-corrected chi connectivity index (χ2v) is 12.9. The predicted molar refractivity (Wildman–Crippen MR) is 160 cm³/mol. The van der Waals surface area contributed by atoms with Gasteiger partial charge in [-0.05, 0) is 70.7 Å². The Hall–Kier alpha value is -2.78. The number of hydrogen-bond acceptors (Lipinski definition) is 7. The van der Waals surface area contributed by atoms with Gasteiger partial charge in [-0.2, -0.15) is 0 Å². The van der Waals surface area contributed by atoms with E-state index in [9.17, 15) is 19.5 Å². The van der Waals surface area contributed by atoms with Crippen LogP contribution < -0.4 is 9.80 Å². The molecule has 4 rings (SSSR count). The Kier molecular flexibility index (Phi) is 9.35. The molecule has 1 aromatic rings. The molecule has 2 bridgehead atoms.